The molecule has 0 unspecified atom stereocenters. The molecule has 0 spiro atoms. The van der Waals surface area contributed by atoms with E-state index in [-0.39, 0.29) is 10.6 Å². The topological polar surface area (TPSA) is 66.5 Å². The molecule has 0 aliphatic carbocycles. The Morgan fingerprint density at radius 1 is 0.970 bits per heavy atom. The van der Waals surface area contributed by atoms with Crippen LogP contribution in [-0.4, -0.2) is 33.2 Å². The molecule has 0 aliphatic heterocycles. The van der Waals surface area contributed by atoms with Gasteiger partial charge in [-0.25, -0.2) is 12.8 Å². The third kappa shape index (κ3) is 7.48. The molecule has 3 aromatic rings. The number of anilines is 1. The van der Waals surface area contributed by atoms with Gasteiger partial charge in [0.15, 0.2) is 0 Å². The third-order valence-electron chi connectivity index (χ3n) is 4.70. The fourth-order valence-corrected chi connectivity index (χ4v) is 5.49. The fourth-order valence-electron chi connectivity index (χ4n) is 3.00. The van der Waals surface area contributed by atoms with Gasteiger partial charge < -0.3 is 5.32 Å². The lowest BCUT2D eigenvalue weighted by molar-refractivity contribution is -0.119. The number of sulfonamides is 1. The van der Waals surface area contributed by atoms with Gasteiger partial charge in [0.05, 0.1) is 10.6 Å². The average Bonchev–Trinajstić information content (AvgIpc) is 2.82. The molecule has 0 saturated heterocycles. The van der Waals surface area contributed by atoms with E-state index in [9.17, 15) is 17.6 Å². The molecule has 0 aromatic heterocycles. The van der Waals surface area contributed by atoms with E-state index < -0.39 is 28.3 Å². The molecule has 3 aromatic carbocycles. The van der Waals surface area contributed by atoms with Crippen LogP contribution >= 0.6 is 23.4 Å². The maximum absolute atomic E-state index is 13.4. The second kappa shape index (κ2) is 12.1. The van der Waals surface area contributed by atoms with Crippen molar-refractivity contribution >= 4 is 45.0 Å². The van der Waals surface area contributed by atoms with Crippen molar-refractivity contribution in [3.05, 3.63) is 95.3 Å². The summed E-state index contributed by atoms with van der Waals surface area (Å²) in [6.07, 6.45) is 0.742. The minimum atomic E-state index is -4.00. The summed E-state index contributed by atoms with van der Waals surface area (Å²) in [5, 5.41) is 3.48. The van der Waals surface area contributed by atoms with Crippen molar-refractivity contribution in [3.63, 3.8) is 0 Å². The number of benzene rings is 3. The summed E-state index contributed by atoms with van der Waals surface area (Å²) in [5.74, 6) is 0.768. The Hall–Kier alpha value is -2.55. The van der Waals surface area contributed by atoms with Crippen LogP contribution in [0.4, 0.5) is 10.1 Å². The zero-order chi connectivity index (χ0) is 23.7. The lowest BCUT2D eigenvalue weighted by Gasteiger charge is -2.24. The first-order chi connectivity index (χ1) is 15.9. The van der Waals surface area contributed by atoms with Gasteiger partial charge in [0.2, 0.25) is 5.91 Å². The van der Waals surface area contributed by atoms with E-state index in [2.05, 4.69) is 5.32 Å². The van der Waals surface area contributed by atoms with Crippen molar-refractivity contribution in [2.45, 2.75) is 17.1 Å². The molecule has 33 heavy (non-hydrogen) atoms. The molecular formula is C24H24ClFN2O3S2. The Balaban J connectivity index is 1.55. The predicted molar refractivity (Wildman–Crippen MR) is 133 cm³/mol. The Labute approximate surface area is 203 Å². The summed E-state index contributed by atoms with van der Waals surface area (Å²) >= 11 is 7.63. The van der Waals surface area contributed by atoms with Gasteiger partial charge in [0.25, 0.3) is 10.0 Å². The highest BCUT2D eigenvalue weighted by atomic mass is 35.5. The highest BCUT2D eigenvalue weighted by Gasteiger charge is 2.27. The number of carbonyl (C=O) groups is 1. The lowest BCUT2D eigenvalue weighted by atomic mass is 10.2. The Morgan fingerprint density at radius 2 is 1.64 bits per heavy atom. The number of nitrogens with one attached hydrogen (secondary N) is 1. The van der Waals surface area contributed by atoms with Crippen LogP contribution in [0.2, 0.25) is 5.02 Å². The average molecular weight is 507 g/mol. The van der Waals surface area contributed by atoms with Gasteiger partial charge in [-0.3, -0.25) is 9.10 Å². The lowest BCUT2D eigenvalue weighted by Crippen LogP contribution is -2.41. The highest BCUT2D eigenvalue weighted by molar-refractivity contribution is 7.98. The zero-order valence-corrected chi connectivity index (χ0v) is 20.2. The molecule has 0 heterocycles. The second-order valence-electron chi connectivity index (χ2n) is 7.18. The van der Waals surface area contributed by atoms with Crippen LogP contribution in [0.25, 0.3) is 0 Å². The van der Waals surface area contributed by atoms with Crippen LogP contribution in [0.1, 0.15) is 12.0 Å². The normalized spacial score (nSPS) is 11.2. The van der Waals surface area contributed by atoms with E-state index in [1.165, 1.54) is 42.0 Å². The van der Waals surface area contributed by atoms with Crippen LogP contribution in [0, 0.1) is 5.82 Å². The second-order valence-corrected chi connectivity index (χ2v) is 10.6. The van der Waals surface area contributed by atoms with Gasteiger partial charge >= 0.3 is 0 Å². The summed E-state index contributed by atoms with van der Waals surface area (Å²) in [5.41, 5.74) is 1.39. The Kier molecular flexibility index (Phi) is 9.17. The van der Waals surface area contributed by atoms with Crippen LogP contribution in [0.15, 0.2) is 83.8 Å². The van der Waals surface area contributed by atoms with Gasteiger partial charge in [-0.2, -0.15) is 11.8 Å². The number of amides is 1. The number of carbonyl (C=O) groups excluding carboxylic acids is 1. The van der Waals surface area contributed by atoms with E-state index >= 15 is 0 Å². The third-order valence-corrected chi connectivity index (χ3v) is 7.86. The first-order valence-corrected chi connectivity index (χ1v) is 13.3. The van der Waals surface area contributed by atoms with Gasteiger partial charge in [-0.05, 0) is 66.3 Å². The molecule has 174 valence electrons. The van der Waals surface area contributed by atoms with Gasteiger partial charge in [-0.15, -0.1) is 0 Å². The standard InChI is InChI=1S/C24H24ClFN2O3S2/c25-20-9-7-19(8-10-20)18-32-16-4-15-27-24(29)17-28(22-13-11-21(26)12-14-22)33(30,31)23-5-2-1-3-6-23/h1-3,5-14H,4,15-18H2,(H,27,29). The molecular weight excluding hydrogens is 483 g/mol. The molecule has 0 radical (unpaired) electrons. The van der Waals surface area contributed by atoms with Crippen molar-refractivity contribution < 1.29 is 17.6 Å². The highest BCUT2D eigenvalue weighted by Crippen LogP contribution is 2.23. The monoisotopic (exact) mass is 506 g/mol. The number of rotatable bonds is 11. The summed E-state index contributed by atoms with van der Waals surface area (Å²) in [6, 6.07) is 20.5. The van der Waals surface area contributed by atoms with Gasteiger partial charge in [-0.1, -0.05) is 41.9 Å². The molecule has 3 rings (SSSR count). The van der Waals surface area contributed by atoms with E-state index in [0.717, 1.165) is 22.2 Å². The molecule has 1 N–H and O–H groups in total. The molecule has 0 fully saturated rings. The molecule has 0 saturated carbocycles. The number of hydrogen-bond donors (Lipinski definition) is 1. The summed E-state index contributed by atoms with van der Waals surface area (Å²) in [7, 11) is -4.00. The Bertz CT molecular complexity index is 1140. The Morgan fingerprint density at radius 3 is 2.30 bits per heavy atom. The minimum Gasteiger partial charge on any atom is -0.354 e. The molecule has 0 aliphatic rings. The number of halogens is 2. The first kappa shape index (κ1) is 25.1. The predicted octanol–water partition coefficient (Wildman–Crippen LogP) is 5.11. The molecule has 0 bridgehead atoms. The smallest absolute Gasteiger partial charge is 0.264 e. The van der Waals surface area contributed by atoms with E-state index in [1.54, 1.807) is 30.0 Å². The summed E-state index contributed by atoms with van der Waals surface area (Å²) in [4.78, 5) is 12.6. The largest absolute Gasteiger partial charge is 0.354 e. The SMILES string of the molecule is O=C(CN(c1ccc(F)cc1)S(=O)(=O)c1ccccc1)NCCCSCc1ccc(Cl)cc1. The van der Waals surface area contributed by atoms with E-state index in [4.69, 9.17) is 11.6 Å². The van der Waals surface area contributed by atoms with Crippen LogP contribution in [0.5, 0.6) is 0 Å². The van der Waals surface area contributed by atoms with E-state index in [0.29, 0.717) is 11.6 Å². The van der Waals surface area contributed by atoms with E-state index in [1.807, 2.05) is 24.3 Å². The van der Waals surface area contributed by atoms with Crippen LogP contribution in [0.3, 0.4) is 0 Å². The fraction of sp³-hybridized carbons (Fsp3) is 0.208. The van der Waals surface area contributed by atoms with Crippen LogP contribution < -0.4 is 9.62 Å². The number of nitrogens with zero attached hydrogens (tertiary/aromatic N) is 1. The maximum Gasteiger partial charge on any atom is 0.264 e. The summed E-state index contributed by atoms with van der Waals surface area (Å²) in [6.45, 7) is 0.0237. The van der Waals surface area contributed by atoms with Crippen molar-refractivity contribution in [1.82, 2.24) is 5.32 Å². The van der Waals surface area contributed by atoms with Crippen molar-refractivity contribution in [2.75, 3.05) is 23.1 Å². The number of thioether (sulfide) groups is 1. The van der Waals surface area contributed by atoms with Gasteiger partial charge in [0.1, 0.15) is 12.4 Å². The molecule has 1 amide bonds. The van der Waals surface area contributed by atoms with Crippen molar-refractivity contribution in [2.24, 2.45) is 0 Å². The van der Waals surface area contributed by atoms with Crippen LogP contribution in [-0.2, 0) is 20.6 Å². The van der Waals surface area contributed by atoms with Gasteiger partial charge in [0, 0.05) is 17.3 Å². The number of hydrogen-bond acceptors (Lipinski definition) is 4. The molecule has 0 atom stereocenters. The first-order valence-electron chi connectivity index (χ1n) is 10.3. The summed E-state index contributed by atoms with van der Waals surface area (Å²) < 4.78 is 40.7. The molecule has 9 heteroatoms. The van der Waals surface area contributed by atoms with Crippen molar-refractivity contribution in [3.8, 4) is 0 Å². The molecule has 5 nitrogen and oxygen atoms in total. The quantitative estimate of drug-likeness (QED) is 0.367. The minimum absolute atomic E-state index is 0.0562. The zero-order valence-electron chi connectivity index (χ0n) is 17.8. The van der Waals surface area contributed by atoms with Crippen molar-refractivity contribution in [1.29, 1.82) is 0 Å². The maximum atomic E-state index is 13.4.